The van der Waals surface area contributed by atoms with Crippen LogP contribution in [0, 0.1) is 17.8 Å². The molecule has 6 amide bonds. The Balaban J connectivity index is 1.83. The number of fused-ring (bicyclic) bond motifs is 2. The van der Waals surface area contributed by atoms with Crippen molar-refractivity contribution in [3.8, 4) is 5.75 Å². The maximum absolute atomic E-state index is 13.0. The zero-order valence-corrected chi connectivity index (χ0v) is 18.0. The largest absolute Gasteiger partial charge is 0.508 e. The molecule has 8 atom stereocenters. The van der Waals surface area contributed by atoms with Crippen LogP contribution in [0.15, 0.2) is 24.3 Å². The molecule has 15 heteroatoms. The third-order valence-corrected chi connectivity index (χ3v) is 6.57. The molecule has 0 saturated carbocycles. The molecule has 1 aromatic carbocycles. The molecule has 0 aliphatic carbocycles. The molecule has 1 aromatic rings. The number of anilines is 1. The Morgan fingerprint density at radius 3 is 1.74 bits per heavy atom. The second-order valence-corrected chi connectivity index (χ2v) is 8.59. The van der Waals surface area contributed by atoms with E-state index in [0.29, 0.717) is 5.69 Å². The minimum atomic E-state index is -2.13. The number of phenolic OH excluding ortho intramolecular Hbond substituents is 1. The second-order valence-electron chi connectivity index (χ2n) is 8.59. The van der Waals surface area contributed by atoms with Crippen LogP contribution < -0.4 is 26.2 Å². The van der Waals surface area contributed by atoms with E-state index in [0.717, 1.165) is 0 Å². The van der Waals surface area contributed by atoms with Crippen LogP contribution in [0.25, 0.3) is 0 Å². The summed E-state index contributed by atoms with van der Waals surface area (Å²) in [4.78, 5) is 51.8. The molecule has 3 heterocycles. The molecule has 0 aromatic heterocycles. The number of hydrogen-bond donors (Lipinski definition) is 10. The summed E-state index contributed by atoms with van der Waals surface area (Å²) in [5, 5.41) is 69.4. The molecule has 3 fully saturated rings. The number of nitrogens with one attached hydrogen (secondary N) is 4. The highest BCUT2D eigenvalue weighted by Gasteiger charge is 2.61. The van der Waals surface area contributed by atoms with Crippen LogP contribution >= 0.6 is 0 Å². The van der Waals surface area contributed by atoms with E-state index in [1.54, 1.807) is 0 Å². The zero-order valence-electron chi connectivity index (χ0n) is 18.0. The molecule has 4 rings (SSSR count). The molecule has 15 nitrogen and oxygen atoms in total. The Morgan fingerprint density at radius 1 is 0.800 bits per heavy atom. The molecule has 0 radical (unpaired) electrons. The van der Waals surface area contributed by atoms with E-state index in [1.807, 2.05) is 10.6 Å². The fourth-order valence-electron chi connectivity index (χ4n) is 4.99. The number of hydrogen-bond acceptors (Lipinski definition) is 11. The Hall–Kier alpha value is -3.50. The average Bonchev–Trinajstić information content (AvgIpc) is 2.81. The highest BCUT2D eigenvalue weighted by Crippen LogP contribution is 2.43. The first kappa shape index (κ1) is 24.6. The first-order valence-electron chi connectivity index (χ1n) is 10.7. The SMILES string of the molecule is O=C1NC(=O)C2C(C(O)C(O)C(O)C(O)CO)C3C(=O)NC(=O)NC3N(c3ccc(O)cc3)C2N1. The van der Waals surface area contributed by atoms with E-state index in [2.05, 4.69) is 10.6 Å². The van der Waals surface area contributed by atoms with Crippen molar-refractivity contribution in [1.29, 1.82) is 0 Å². The Morgan fingerprint density at radius 2 is 1.29 bits per heavy atom. The van der Waals surface area contributed by atoms with E-state index in [-0.39, 0.29) is 5.75 Å². The van der Waals surface area contributed by atoms with Crippen molar-refractivity contribution in [3.05, 3.63) is 24.3 Å². The van der Waals surface area contributed by atoms with Gasteiger partial charge < -0.3 is 46.2 Å². The molecule has 0 bridgehead atoms. The number of aliphatic hydroxyl groups is 5. The number of phenols is 1. The minimum Gasteiger partial charge on any atom is -0.508 e. The van der Waals surface area contributed by atoms with Crippen LogP contribution in [0.5, 0.6) is 5.75 Å². The Bertz CT molecular complexity index is 978. The number of aromatic hydroxyl groups is 1. The molecular weight excluding hydrogens is 470 g/mol. The molecule has 3 aliphatic rings. The van der Waals surface area contributed by atoms with Gasteiger partial charge in [-0.3, -0.25) is 20.2 Å². The van der Waals surface area contributed by atoms with Crippen LogP contribution in [0.1, 0.15) is 0 Å². The smallest absolute Gasteiger partial charge is 0.323 e. The van der Waals surface area contributed by atoms with Gasteiger partial charge in [0.15, 0.2) is 0 Å². The molecule has 0 spiro atoms. The quantitative estimate of drug-likeness (QED) is 0.181. The van der Waals surface area contributed by atoms with Gasteiger partial charge in [-0.1, -0.05) is 0 Å². The van der Waals surface area contributed by atoms with Gasteiger partial charge in [-0.25, -0.2) is 9.59 Å². The summed E-state index contributed by atoms with van der Waals surface area (Å²) >= 11 is 0. The maximum atomic E-state index is 13.0. The number of piperidine rings is 1. The Kier molecular flexibility index (Phi) is 6.52. The van der Waals surface area contributed by atoms with Crippen molar-refractivity contribution in [2.75, 3.05) is 11.5 Å². The van der Waals surface area contributed by atoms with Crippen LogP contribution in [0.4, 0.5) is 15.3 Å². The van der Waals surface area contributed by atoms with Crippen molar-refractivity contribution in [2.24, 2.45) is 17.8 Å². The molecule has 10 N–H and O–H groups in total. The maximum Gasteiger partial charge on any atom is 0.323 e. The number of aliphatic hydroxyl groups excluding tert-OH is 5. The lowest BCUT2D eigenvalue weighted by Gasteiger charge is -2.57. The van der Waals surface area contributed by atoms with Gasteiger partial charge in [-0.2, -0.15) is 0 Å². The third kappa shape index (κ3) is 4.23. The van der Waals surface area contributed by atoms with E-state index >= 15 is 0 Å². The Labute approximate surface area is 197 Å². The van der Waals surface area contributed by atoms with Crippen molar-refractivity contribution < 1.29 is 49.8 Å². The highest BCUT2D eigenvalue weighted by atomic mass is 16.4. The number of benzene rings is 1. The van der Waals surface area contributed by atoms with Gasteiger partial charge in [-0.15, -0.1) is 0 Å². The van der Waals surface area contributed by atoms with Gasteiger partial charge in [0.1, 0.15) is 36.4 Å². The van der Waals surface area contributed by atoms with Gasteiger partial charge in [0.05, 0.1) is 24.5 Å². The first-order valence-corrected chi connectivity index (χ1v) is 10.7. The molecule has 8 unspecified atom stereocenters. The van der Waals surface area contributed by atoms with Gasteiger partial charge >= 0.3 is 12.1 Å². The number of urea groups is 2. The van der Waals surface area contributed by atoms with Crippen LogP contribution in [0.3, 0.4) is 0 Å². The summed E-state index contributed by atoms with van der Waals surface area (Å²) in [5.74, 6) is -6.19. The number of imide groups is 2. The fourth-order valence-corrected chi connectivity index (χ4v) is 4.99. The van der Waals surface area contributed by atoms with E-state index in [1.165, 1.54) is 29.2 Å². The van der Waals surface area contributed by atoms with Crippen LogP contribution in [-0.4, -0.2) is 97.9 Å². The fraction of sp³-hybridized carbons (Fsp3) is 0.500. The normalized spacial score (nSPS) is 31.6. The van der Waals surface area contributed by atoms with Crippen molar-refractivity contribution in [1.82, 2.24) is 21.3 Å². The number of carbonyl (C=O) groups is 4. The number of carbonyl (C=O) groups excluding carboxylic acids is 4. The topological polar surface area (TPSA) is 241 Å². The number of amides is 6. The second kappa shape index (κ2) is 9.27. The predicted octanol–water partition coefficient (Wildman–Crippen LogP) is -4.17. The van der Waals surface area contributed by atoms with Crippen molar-refractivity contribution in [2.45, 2.75) is 36.7 Å². The zero-order chi connectivity index (χ0) is 25.6. The first-order chi connectivity index (χ1) is 16.5. The summed E-state index contributed by atoms with van der Waals surface area (Å²) < 4.78 is 0. The number of rotatable bonds is 6. The van der Waals surface area contributed by atoms with Crippen molar-refractivity contribution in [3.63, 3.8) is 0 Å². The van der Waals surface area contributed by atoms with Gasteiger partial charge in [-0.05, 0) is 24.3 Å². The van der Waals surface area contributed by atoms with Gasteiger partial charge in [0.2, 0.25) is 11.8 Å². The monoisotopic (exact) mass is 495 g/mol. The molecular formula is C20H25N5O10. The van der Waals surface area contributed by atoms with E-state index < -0.39 is 85.0 Å². The van der Waals surface area contributed by atoms with Gasteiger partial charge in [0, 0.05) is 11.6 Å². The lowest BCUT2D eigenvalue weighted by Crippen LogP contribution is -2.80. The lowest BCUT2D eigenvalue weighted by molar-refractivity contribution is -0.163. The third-order valence-electron chi connectivity index (χ3n) is 6.57. The summed E-state index contributed by atoms with van der Waals surface area (Å²) in [6.07, 6.45) is -10.6. The highest BCUT2D eigenvalue weighted by molar-refractivity contribution is 6.02. The molecule has 35 heavy (non-hydrogen) atoms. The number of nitrogens with zero attached hydrogens (tertiary/aromatic N) is 1. The summed E-state index contributed by atoms with van der Waals surface area (Å²) in [6, 6.07) is 3.68. The van der Waals surface area contributed by atoms with Crippen LogP contribution in [0.2, 0.25) is 0 Å². The summed E-state index contributed by atoms with van der Waals surface area (Å²) in [5.41, 5.74) is 0.294. The van der Waals surface area contributed by atoms with Crippen LogP contribution in [-0.2, 0) is 9.59 Å². The average molecular weight is 495 g/mol. The molecule has 3 aliphatic heterocycles. The minimum absolute atomic E-state index is 0.0949. The van der Waals surface area contributed by atoms with E-state index in [9.17, 15) is 44.7 Å². The van der Waals surface area contributed by atoms with Crippen molar-refractivity contribution >= 4 is 29.6 Å². The van der Waals surface area contributed by atoms with E-state index in [4.69, 9.17) is 5.11 Å². The predicted molar refractivity (Wildman–Crippen MR) is 113 cm³/mol. The molecule has 190 valence electrons. The van der Waals surface area contributed by atoms with Gasteiger partial charge in [0.25, 0.3) is 0 Å². The summed E-state index contributed by atoms with van der Waals surface area (Å²) in [7, 11) is 0. The molecule has 3 saturated heterocycles. The summed E-state index contributed by atoms with van der Waals surface area (Å²) in [6.45, 7) is -0.949. The standard InChI is InChI=1S/C20H25N5O10/c26-5-8(28)12(29)14(31)13(30)9-10-15(21-19(34)23-17(10)32)25(6-1-3-7(27)4-2-6)16-11(9)18(33)24-20(35)22-16/h1-4,8-16,26-31H,5H2,(H2,21,23,32,34)(H2,22,24,33,35). The lowest BCUT2D eigenvalue weighted by atomic mass is 9.67.